The molecule has 4 saturated carbocycles. The first-order chi connectivity index (χ1) is 35.8. The predicted molar refractivity (Wildman–Crippen MR) is 275 cm³/mol. The number of hydrogen-bond donors (Lipinski definition) is 5. The zero-order valence-electron chi connectivity index (χ0n) is 43.4. The first kappa shape index (κ1) is 55.5. The van der Waals surface area contributed by atoms with Gasteiger partial charge in [0.2, 0.25) is 0 Å². The first-order valence-corrected chi connectivity index (χ1v) is 26.7. The molecule has 4 aliphatic carbocycles. The van der Waals surface area contributed by atoms with Gasteiger partial charge in [0.1, 0.15) is 0 Å². The fraction of sp³-hybridized carbons (Fsp3) is 0.569. The summed E-state index contributed by atoms with van der Waals surface area (Å²) in [5.74, 6) is 2.73. The van der Waals surface area contributed by atoms with Gasteiger partial charge in [-0.1, -0.05) is 32.0 Å². The van der Waals surface area contributed by atoms with Crippen LogP contribution in [0.2, 0.25) is 0 Å². The van der Waals surface area contributed by atoms with Crippen molar-refractivity contribution in [1.29, 1.82) is 5.26 Å². The van der Waals surface area contributed by atoms with E-state index in [9.17, 15) is 39.0 Å². The molecule has 14 nitrogen and oxygen atoms in total. The van der Waals surface area contributed by atoms with E-state index in [4.69, 9.17) is 23.7 Å². The van der Waals surface area contributed by atoms with Crippen LogP contribution in [-0.2, 0) is 15.0 Å². The number of carbonyl (C=O) groups is 2. The summed E-state index contributed by atoms with van der Waals surface area (Å²) < 4.78 is 58.7. The number of aliphatic hydroxyl groups is 1. The Kier molecular flexibility index (Phi) is 19.8. The van der Waals surface area contributed by atoms with Crippen LogP contribution in [0.1, 0.15) is 158 Å². The molecule has 6 fully saturated rings. The zero-order valence-corrected chi connectivity index (χ0v) is 43.4. The van der Waals surface area contributed by atoms with Gasteiger partial charge in [-0.3, -0.25) is 0 Å². The van der Waals surface area contributed by atoms with Gasteiger partial charge in [0.05, 0.1) is 61.8 Å². The van der Waals surface area contributed by atoms with Crippen molar-refractivity contribution < 1.29 is 62.1 Å². The van der Waals surface area contributed by atoms with Gasteiger partial charge in [0, 0.05) is 36.3 Å². The lowest BCUT2D eigenvalue weighted by atomic mass is 9.70. The number of ether oxygens (including phenoxy) is 6. The Morgan fingerprint density at radius 3 is 1.55 bits per heavy atom. The molecule has 6 aliphatic rings. The number of hydrogen-bond acceptors (Lipinski definition) is 12. The molecule has 0 unspecified atom stereocenters. The highest BCUT2D eigenvalue weighted by molar-refractivity contribution is 5.88. The number of benzene rings is 3. The van der Waals surface area contributed by atoms with Crippen molar-refractivity contribution in [2.24, 2.45) is 5.92 Å². The van der Waals surface area contributed by atoms with Crippen LogP contribution in [0.25, 0.3) is 0 Å². The summed E-state index contributed by atoms with van der Waals surface area (Å²) in [6.07, 6.45) is 16.4. The molecular weight excluding hydrogens is 953 g/mol. The van der Waals surface area contributed by atoms with Gasteiger partial charge < -0.3 is 54.4 Å². The number of nitriles is 1. The van der Waals surface area contributed by atoms with Gasteiger partial charge in [0.25, 0.3) is 0 Å². The van der Waals surface area contributed by atoms with Gasteiger partial charge in [-0.15, -0.1) is 0 Å². The van der Waals surface area contributed by atoms with Gasteiger partial charge >= 0.3 is 18.6 Å². The molecule has 0 spiro atoms. The van der Waals surface area contributed by atoms with E-state index in [1.165, 1.54) is 31.7 Å². The van der Waals surface area contributed by atoms with Crippen molar-refractivity contribution in [3.63, 3.8) is 0 Å². The SMILES string of the molecule is CCC(C(=O)O)=C1C[C@@H](c2ccc(OC)c(OC3CCCC3)c2)CN1.CCC(C(=O)O)=C1C[C@H](c2ccc(OC)c(OC3CCCC3)c2)CN1.N#CC1(c2ccc(OC(F)F)c(OCC3CC3)c2)CCC(O)CC1. The summed E-state index contributed by atoms with van der Waals surface area (Å²) >= 11 is 0. The average Bonchev–Trinajstić information content (AvgIpc) is 3.92. The zero-order chi connectivity index (χ0) is 52.8. The summed E-state index contributed by atoms with van der Waals surface area (Å²) in [6, 6.07) is 19.3. The van der Waals surface area contributed by atoms with Crippen LogP contribution >= 0.6 is 0 Å². The highest BCUT2D eigenvalue weighted by Gasteiger charge is 2.38. The lowest BCUT2D eigenvalue weighted by molar-refractivity contribution is -0.133. The number of nitrogens with one attached hydrogen (secondary N) is 2. The molecule has 3 aromatic rings. The highest BCUT2D eigenvalue weighted by Crippen LogP contribution is 2.44. The van der Waals surface area contributed by atoms with E-state index in [0.717, 1.165) is 116 Å². The summed E-state index contributed by atoms with van der Waals surface area (Å²) in [4.78, 5) is 22.7. The Bertz CT molecular complexity index is 2370. The van der Waals surface area contributed by atoms with Crippen LogP contribution in [0.3, 0.4) is 0 Å². The molecule has 9 rings (SSSR count). The van der Waals surface area contributed by atoms with E-state index in [1.807, 2.05) is 26.0 Å². The van der Waals surface area contributed by atoms with Crippen molar-refractivity contribution in [1.82, 2.24) is 10.6 Å². The van der Waals surface area contributed by atoms with Gasteiger partial charge in [-0.2, -0.15) is 14.0 Å². The molecule has 402 valence electrons. The summed E-state index contributed by atoms with van der Waals surface area (Å²) in [7, 11) is 3.32. The number of nitrogens with zero attached hydrogens (tertiary/aromatic N) is 1. The average molecular weight is 1030 g/mol. The van der Waals surface area contributed by atoms with E-state index in [-0.39, 0.29) is 41.6 Å². The summed E-state index contributed by atoms with van der Waals surface area (Å²) in [6.45, 7) is 2.82. The maximum Gasteiger partial charge on any atom is 0.387 e. The quantitative estimate of drug-likeness (QED) is 0.0754. The minimum Gasteiger partial charge on any atom is -0.493 e. The Balaban J connectivity index is 0.000000162. The smallest absolute Gasteiger partial charge is 0.387 e. The van der Waals surface area contributed by atoms with Crippen LogP contribution < -0.4 is 39.1 Å². The number of carboxylic acid groups (broad SMARTS) is 2. The normalized spacial score (nSPS) is 24.0. The fourth-order valence-corrected chi connectivity index (χ4v) is 10.8. The van der Waals surface area contributed by atoms with Crippen LogP contribution in [0.4, 0.5) is 8.78 Å². The Hall–Kier alpha value is -6.21. The number of allylic oxidation sites excluding steroid dienone is 2. The molecule has 16 heteroatoms. The van der Waals surface area contributed by atoms with Crippen molar-refractivity contribution in [2.75, 3.05) is 33.9 Å². The number of methoxy groups -OCH3 is 2. The van der Waals surface area contributed by atoms with E-state index in [1.54, 1.807) is 26.4 Å². The number of aliphatic hydroxyl groups excluding tert-OH is 1. The highest BCUT2D eigenvalue weighted by atomic mass is 19.3. The molecule has 3 aromatic carbocycles. The molecule has 74 heavy (non-hydrogen) atoms. The third kappa shape index (κ3) is 14.5. The molecule has 5 N–H and O–H groups in total. The molecule has 2 aliphatic heterocycles. The Morgan fingerprint density at radius 2 is 1.15 bits per heavy atom. The number of rotatable bonds is 18. The number of aliphatic carboxylic acids is 2. The summed E-state index contributed by atoms with van der Waals surface area (Å²) in [5.41, 5.74) is 5.04. The van der Waals surface area contributed by atoms with Crippen molar-refractivity contribution in [3.8, 4) is 40.6 Å². The van der Waals surface area contributed by atoms with Crippen molar-refractivity contribution >= 4 is 11.9 Å². The number of halogens is 2. The van der Waals surface area contributed by atoms with Crippen LogP contribution in [-0.4, -0.2) is 86.1 Å². The Morgan fingerprint density at radius 1 is 0.676 bits per heavy atom. The maximum atomic E-state index is 12.6. The third-order valence-electron chi connectivity index (χ3n) is 15.4. The maximum absolute atomic E-state index is 12.6. The number of alkyl halides is 2. The fourth-order valence-electron chi connectivity index (χ4n) is 10.8. The molecule has 0 bridgehead atoms. The van der Waals surface area contributed by atoms with Crippen LogP contribution in [0.15, 0.2) is 77.1 Å². The second-order valence-corrected chi connectivity index (χ2v) is 20.4. The largest absolute Gasteiger partial charge is 0.493 e. The molecule has 2 atom stereocenters. The minimum atomic E-state index is -2.92. The molecule has 2 saturated heterocycles. The van der Waals surface area contributed by atoms with E-state index in [2.05, 4.69) is 45.7 Å². The van der Waals surface area contributed by atoms with E-state index >= 15 is 0 Å². The number of carboxylic acids is 2. The third-order valence-corrected chi connectivity index (χ3v) is 15.4. The van der Waals surface area contributed by atoms with Gasteiger partial charge in [0.15, 0.2) is 34.5 Å². The second-order valence-electron chi connectivity index (χ2n) is 20.4. The molecule has 0 radical (unpaired) electrons. The van der Waals surface area contributed by atoms with Crippen LogP contribution in [0.5, 0.6) is 34.5 Å². The van der Waals surface area contributed by atoms with Crippen molar-refractivity contribution in [3.05, 3.63) is 93.8 Å². The predicted octanol–water partition coefficient (Wildman–Crippen LogP) is 11.5. The standard InChI is InChI=1S/2C20H27NO4.C18H21F2NO3/c2*1-3-16(20(22)23)17-10-14(12-21-17)13-8-9-18(24-2)19(11-13)25-15-6-4-5-7-15;19-17(20)24-15-4-3-13(9-16(15)23-10-12-1-2-12)18(11-21)7-5-14(22)6-8-18/h2*8-9,11,14-15,21H,3-7,10,12H2,1-2H3,(H,22,23);3-4,9,12,14,17,22H,1-2,5-8,10H2/t2*14-;/m10./s1. The Labute approximate surface area is 434 Å². The van der Waals surface area contributed by atoms with E-state index < -0.39 is 24.0 Å². The molecule has 2 heterocycles. The molecule has 0 amide bonds. The topological polar surface area (TPSA) is 198 Å². The minimum absolute atomic E-state index is 0.00154. The molecule has 0 aromatic heterocycles. The monoisotopic (exact) mass is 1030 g/mol. The van der Waals surface area contributed by atoms with Crippen molar-refractivity contribution in [2.45, 2.75) is 172 Å². The second kappa shape index (κ2) is 26.3. The molecular formula is C58H75F2N3O11. The lowest BCUT2D eigenvalue weighted by Crippen LogP contribution is -2.32. The van der Waals surface area contributed by atoms with E-state index in [0.29, 0.717) is 62.2 Å². The van der Waals surface area contributed by atoms with Crippen LogP contribution in [0, 0.1) is 17.2 Å². The lowest BCUT2D eigenvalue weighted by Gasteiger charge is -2.33. The van der Waals surface area contributed by atoms with Gasteiger partial charge in [-0.05, 0) is 175 Å². The summed E-state index contributed by atoms with van der Waals surface area (Å²) in [5, 5.41) is 44.6. The van der Waals surface area contributed by atoms with Gasteiger partial charge in [-0.25, -0.2) is 9.59 Å². The first-order valence-electron chi connectivity index (χ1n) is 26.7.